The van der Waals surface area contributed by atoms with Gasteiger partial charge in [0.05, 0.1) is 0 Å². The average Bonchev–Trinajstić information content (AvgIpc) is 2.02. The Morgan fingerprint density at radius 1 is 1.38 bits per heavy atom. The van der Waals surface area contributed by atoms with Crippen molar-refractivity contribution in [3.8, 4) is 0 Å². The van der Waals surface area contributed by atoms with Gasteiger partial charge in [0.1, 0.15) is 0 Å². The van der Waals surface area contributed by atoms with Gasteiger partial charge in [0.15, 0.2) is 0 Å². The largest absolute Gasteiger partial charge is 0.0984 e. The highest BCUT2D eigenvalue weighted by Crippen LogP contribution is 2.23. The first kappa shape index (κ1) is 13.2. The summed E-state index contributed by atoms with van der Waals surface area (Å²) in [6.45, 7) is 9.95. The third kappa shape index (κ3) is 4.81. The lowest BCUT2D eigenvalue weighted by molar-refractivity contribution is 1.45. The minimum absolute atomic E-state index is 1.12. The summed E-state index contributed by atoms with van der Waals surface area (Å²) in [7, 11) is 0. The standard InChI is InChI=1S/C11H14BrI/c1-5-10(7-8(3)12)11(6-2)9(4)13/h5-7H,2H2,1,3-4H3/b8-7+,10-5+,11-9-. The minimum Gasteiger partial charge on any atom is -0.0984 e. The first-order valence-electron chi connectivity index (χ1n) is 4.02. The molecule has 0 bridgehead atoms. The molecule has 0 aliphatic carbocycles. The van der Waals surface area contributed by atoms with Crippen LogP contribution in [0.15, 0.2) is 44.0 Å². The maximum absolute atomic E-state index is 3.81. The second-order valence-corrected chi connectivity index (χ2v) is 5.50. The maximum atomic E-state index is 3.81. The summed E-state index contributed by atoms with van der Waals surface area (Å²) in [5.74, 6) is 0. The molecule has 0 saturated heterocycles. The Morgan fingerprint density at radius 3 is 2.15 bits per heavy atom. The summed E-state index contributed by atoms with van der Waals surface area (Å²) >= 11 is 5.74. The highest BCUT2D eigenvalue weighted by atomic mass is 127. The summed E-state index contributed by atoms with van der Waals surface area (Å²) in [5, 5.41) is 0. The summed E-state index contributed by atoms with van der Waals surface area (Å²) in [6, 6.07) is 0. The van der Waals surface area contributed by atoms with Crippen molar-refractivity contribution < 1.29 is 0 Å². The van der Waals surface area contributed by atoms with Gasteiger partial charge in [-0.3, -0.25) is 0 Å². The summed E-state index contributed by atoms with van der Waals surface area (Å²) in [5.41, 5.74) is 2.40. The number of hydrogen-bond acceptors (Lipinski definition) is 0. The maximum Gasteiger partial charge on any atom is -0.00470 e. The van der Waals surface area contributed by atoms with E-state index in [4.69, 9.17) is 0 Å². The van der Waals surface area contributed by atoms with Gasteiger partial charge in [-0.05, 0) is 68.6 Å². The smallest absolute Gasteiger partial charge is 0.00470 e. The summed E-state index contributed by atoms with van der Waals surface area (Å²) in [4.78, 5) is 0. The predicted octanol–water partition coefficient (Wildman–Crippen LogP) is 5.13. The van der Waals surface area contributed by atoms with E-state index in [2.05, 4.69) is 64.2 Å². The van der Waals surface area contributed by atoms with Crippen molar-refractivity contribution in [3.05, 3.63) is 44.0 Å². The van der Waals surface area contributed by atoms with Crippen LogP contribution in [0.3, 0.4) is 0 Å². The fourth-order valence-electron chi connectivity index (χ4n) is 0.988. The molecule has 0 saturated carbocycles. The zero-order valence-electron chi connectivity index (χ0n) is 8.20. The van der Waals surface area contributed by atoms with E-state index < -0.39 is 0 Å². The third-order valence-electron chi connectivity index (χ3n) is 1.55. The molecule has 0 fully saturated rings. The summed E-state index contributed by atoms with van der Waals surface area (Å²) < 4.78 is 2.38. The number of halogens is 2. The van der Waals surface area contributed by atoms with Crippen LogP contribution in [0.5, 0.6) is 0 Å². The van der Waals surface area contributed by atoms with E-state index in [0.717, 1.165) is 4.48 Å². The highest BCUT2D eigenvalue weighted by molar-refractivity contribution is 14.1. The lowest BCUT2D eigenvalue weighted by Gasteiger charge is -2.04. The van der Waals surface area contributed by atoms with Gasteiger partial charge in [0.25, 0.3) is 0 Å². The molecule has 2 heteroatoms. The molecule has 0 aliphatic heterocycles. The summed E-state index contributed by atoms with van der Waals surface area (Å²) in [6.07, 6.45) is 6.08. The fourth-order valence-corrected chi connectivity index (χ4v) is 1.77. The van der Waals surface area contributed by atoms with Crippen LogP contribution in [0.1, 0.15) is 20.8 Å². The van der Waals surface area contributed by atoms with Crippen LogP contribution < -0.4 is 0 Å². The Hall–Kier alpha value is 0.170. The molecule has 0 aromatic carbocycles. The van der Waals surface area contributed by atoms with E-state index in [9.17, 15) is 0 Å². The van der Waals surface area contributed by atoms with Crippen LogP contribution in [-0.4, -0.2) is 0 Å². The third-order valence-corrected chi connectivity index (χ3v) is 2.36. The molecule has 0 aromatic heterocycles. The topological polar surface area (TPSA) is 0 Å². The molecule has 0 spiro atoms. The lowest BCUT2D eigenvalue weighted by atomic mass is 10.1. The predicted molar refractivity (Wildman–Crippen MR) is 73.4 cm³/mol. The molecule has 0 atom stereocenters. The molecule has 0 rings (SSSR count). The van der Waals surface area contributed by atoms with Gasteiger partial charge in [-0.2, -0.15) is 0 Å². The van der Waals surface area contributed by atoms with Gasteiger partial charge in [0.2, 0.25) is 0 Å². The number of rotatable bonds is 3. The average molecular weight is 353 g/mol. The molecule has 72 valence electrons. The second-order valence-electron chi connectivity index (χ2n) is 2.63. The first-order chi connectivity index (χ1) is 6.02. The van der Waals surface area contributed by atoms with Crippen molar-refractivity contribution in [1.82, 2.24) is 0 Å². The van der Waals surface area contributed by atoms with Crippen molar-refractivity contribution in [3.63, 3.8) is 0 Å². The van der Waals surface area contributed by atoms with Crippen molar-refractivity contribution in [2.45, 2.75) is 20.8 Å². The van der Waals surface area contributed by atoms with Crippen LogP contribution in [-0.2, 0) is 0 Å². The molecule has 0 radical (unpaired) electrons. The Kier molecular flexibility index (Phi) is 6.68. The molecule has 13 heavy (non-hydrogen) atoms. The molecular weight excluding hydrogens is 339 g/mol. The molecular formula is C11H14BrI. The first-order valence-corrected chi connectivity index (χ1v) is 5.89. The van der Waals surface area contributed by atoms with Crippen LogP contribution in [0.4, 0.5) is 0 Å². The van der Waals surface area contributed by atoms with Crippen molar-refractivity contribution in [1.29, 1.82) is 0 Å². The quantitative estimate of drug-likeness (QED) is 0.488. The second kappa shape index (κ2) is 6.60. The molecule has 0 N–H and O–H groups in total. The van der Waals surface area contributed by atoms with Gasteiger partial charge in [-0.15, -0.1) is 0 Å². The Labute approximate surface area is 103 Å². The van der Waals surface area contributed by atoms with Crippen LogP contribution >= 0.6 is 38.5 Å². The van der Waals surface area contributed by atoms with E-state index >= 15 is 0 Å². The number of allylic oxidation sites excluding steroid dienone is 7. The minimum atomic E-state index is 1.12. The zero-order chi connectivity index (χ0) is 10.4. The lowest BCUT2D eigenvalue weighted by Crippen LogP contribution is -1.84. The van der Waals surface area contributed by atoms with E-state index in [1.807, 2.05) is 19.9 Å². The SMILES string of the molecule is C=CC(=C(\C)I)/C(/C=C(\C)Br)=C/C. The molecule has 0 unspecified atom stereocenters. The molecule has 0 amide bonds. The zero-order valence-corrected chi connectivity index (χ0v) is 11.9. The van der Waals surface area contributed by atoms with Gasteiger partial charge in [0, 0.05) is 0 Å². The van der Waals surface area contributed by atoms with Gasteiger partial charge >= 0.3 is 0 Å². The molecule has 0 aliphatic rings. The van der Waals surface area contributed by atoms with Crippen molar-refractivity contribution in [2.24, 2.45) is 0 Å². The fraction of sp³-hybridized carbons (Fsp3) is 0.273. The van der Waals surface area contributed by atoms with Crippen molar-refractivity contribution >= 4 is 38.5 Å². The van der Waals surface area contributed by atoms with Gasteiger partial charge < -0.3 is 0 Å². The van der Waals surface area contributed by atoms with E-state index in [-0.39, 0.29) is 0 Å². The Bertz CT molecular complexity index is 274. The highest BCUT2D eigenvalue weighted by Gasteiger charge is 2.00. The molecule has 0 aromatic rings. The monoisotopic (exact) mass is 352 g/mol. The molecule has 0 nitrogen and oxygen atoms in total. The van der Waals surface area contributed by atoms with E-state index in [1.165, 1.54) is 14.7 Å². The van der Waals surface area contributed by atoms with E-state index in [1.54, 1.807) is 0 Å². The Morgan fingerprint density at radius 2 is 1.92 bits per heavy atom. The number of hydrogen-bond donors (Lipinski definition) is 0. The van der Waals surface area contributed by atoms with Crippen LogP contribution in [0.2, 0.25) is 0 Å². The normalized spacial score (nSPS) is 15.5. The van der Waals surface area contributed by atoms with Crippen LogP contribution in [0, 0.1) is 0 Å². The Balaban J connectivity index is 5.12. The molecule has 0 heterocycles. The van der Waals surface area contributed by atoms with Crippen LogP contribution in [0.25, 0.3) is 0 Å². The van der Waals surface area contributed by atoms with Crippen molar-refractivity contribution in [2.75, 3.05) is 0 Å². The van der Waals surface area contributed by atoms with Gasteiger partial charge in [-0.25, -0.2) is 0 Å². The van der Waals surface area contributed by atoms with E-state index in [0.29, 0.717) is 0 Å². The van der Waals surface area contributed by atoms with Gasteiger partial charge in [-0.1, -0.05) is 34.7 Å².